The molecule has 2 fully saturated rings. The molecule has 1 aliphatic carbocycles. The van der Waals surface area contributed by atoms with E-state index in [0.717, 1.165) is 6.42 Å². The zero-order valence-electron chi connectivity index (χ0n) is 13.3. The Morgan fingerprint density at radius 2 is 1.95 bits per heavy atom. The molecule has 0 aromatic rings. The van der Waals surface area contributed by atoms with Gasteiger partial charge in [-0.15, -0.1) is 0 Å². The molecule has 1 heterocycles. The van der Waals surface area contributed by atoms with Gasteiger partial charge in [0.1, 0.15) is 0 Å². The number of nitrogens with one attached hydrogen (secondary N) is 3. The number of fused-ring (bicyclic) bond motifs is 1. The maximum Gasteiger partial charge on any atom is 0.237 e. The molecule has 1 saturated heterocycles. The van der Waals surface area contributed by atoms with E-state index in [1.165, 1.54) is 25.7 Å². The Morgan fingerprint density at radius 1 is 1.19 bits per heavy atom. The summed E-state index contributed by atoms with van der Waals surface area (Å²) >= 11 is 0. The normalized spacial score (nSPS) is 28.2. The third kappa shape index (κ3) is 4.99. The van der Waals surface area contributed by atoms with Gasteiger partial charge >= 0.3 is 0 Å². The van der Waals surface area contributed by atoms with Crippen LogP contribution >= 0.6 is 0 Å². The topological polar surface area (TPSA) is 70.2 Å². The number of hydrogen-bond donors (Lipinski definition) is 3. The van der Waals surface area contributed by atoms with Crippen LogP contribution in [0.25, 0.3) is 0 Å². The van der Waals surface area contributed by atoms with Crippen molar-refractivity contribution < 1.29 is 9.59 Å². The standard InChI is InChI=1S/C16H29N3O2/c1-11(2)10-18-15(20)7-8-17-16(21)14-9-12-5-3-4-6-13(12)19-14/h11-14,19H,3-10H2,1-2H3,(H,17,21)(H,18,20). The van der Waals surface area contributed by atoms with E-state index in [1.807, 2.05) is 0 Å². The lowest BCUT2D eigenvalue weighted by Crippen LogP contribution is -2.44. The predicted molar refractivity (Wildman–Crippen MR) is 82.8 cm³/mol. The van der Waals surface area contributed by atoms with Gasteiger partial charge in [0.15, 0.2) is 0 Å². The van der Waals surface area contributed by atoms with Crippen molar-refractivity contribution >= 4 is 11.8 Å². The highest BCUT2D eigenvalue weighted by Gasteiger charge is 2.37. The maximum atomic E-state index is 12.1. The third-order valence-electron chi connectivity index (χ3n) is 4.54. The van der Waals surface area contributed by atoms with E-state index in [9.17, 15) is 9.59 Å². The fraction of sp³-hybridized carbons (Fsp3) is 0.875. The van der Waals surface area contributed by atoms with Crippen LogP contribution in [0.3, 0.4) is 0 Å². The Kier molecular flexibility index (Phi) is 6.03. The molecule has 5 nitrogen and oxygen atoms in total. The molecule has 21 heavy (non-hydrogen) atoms. The molecule has 2 aliphatic rings. The molecule has 0 radical (unpaired) electrons. The van der Waals surface area contributed by atoms with E-state index in [2.05, 4.69) is 29.8 Å². The van der Waals surface area contributed by atoms with Crippen LogP contribution in [0.5, 0.6) is 0 Å². The minimum absolute atomic E-state index is 0.0112. The van der Waals surface area contributed by atoms with Crippen molar-refractivity contribution in [3.05, 3.63) is 0 Å². The highest BCUT2D eigenvalue weighted by molar-refractivity contribution is 5.83. The first-order chi connectivity index (χ1) is 10.1. The van der Waals surface area contributed by atoms with Gasteiger partial charge < -0.3 is 16.0 Å². The highest BCUT2D eigenvalue weighted by Crippen LogP contribution is 2.33. The van der Waals surface area contributed by atoms with Crippen molar-refractivity contribution in [2.45, 2.75) is 64.5 Å². The quantitative estimate of drug-likeness (QED) is 0.689. The van der Waals surface area contributed by atoms with Crippen LogP contribution in [0.2, 0.25) is 0 Å². The summed E-state index contributed by atoms with van der Waals surface area (Å²) in [5.41, 5.74) is 0. The van der Waals surface area contributed by atoms with Gasteiger partial charge in [0.05, 0.1) is 6.04 Å². The lowest BCUT2D eigenvalue weighted by molar-refractivity contribution is -0.123. The summed E-state index contributed by atoms with van der Waals surface area (Å²) in [4.78, 5) is 23.7. The Balaban J connectivity index is 1.62. The summed E-state index contributed by atoms with van der Waals surface area (Å²) in [6, 6.07) is 0.473. The second-order valence-corrected chi connectivity index (χ2v) is 6.84. The second kappa shape index (κ2) is 7.78. The summed E-state index contributed by atoms with van der Waals surface area (Å²) in [5.74, 6) is 1.19. The summed E-state index contributed by atoms with van der Waals surface area (Å²) in [6.45, 7) is 5.25. The zero-order valence-corrected chi connectivity index (χ0v) is 13.3. The first-order valence-corrected chi connectivity index (χ1v) is 8.36. The molecular weight excluding hydrogens is 266 g/mol. The summed E-state index contributed by atoms with van der Waals surface area (Å²) in [7, 11) is 0. The Bertz CT molecular complexity index is 357. The van der Waals surface area contributed by atoms with Crippen LogP contribution < -0.4 is 16.0 Å². The largest absolute Gasteiger partial charge is 0.356 e. The molecule has 2 amide bonds. The van der Waals surface area contributed by atoms with Gasteiger partial charge in [-0.3, -0.25) is 9.59 Å². The lowest BCUT2D eigenvalue weighted by Gasteiger charge is -2.24. The Hall–Kier alpha value is -1.10. The minimum Gasteiger partial charge on any atom is -0.356 e. The van der Waals surface area contributed by atoms with Gasteiger partial charge in [0.25, 0.3) is 0 Å². The number of carbonyl (C=O) groups excluding carboxylic acids is 2. The molecule has 120 valence electrons. The van der Waals surface area contributed by atoms with Crippen molar-refractivity contribution in [1.82, 2.24) is 16.0 Å². The van der Waals surface area contributed by atoms with Gasteiger partial charge in [-0.25, -0.2) is 0 Å². The molecule has 1 saturated carbocycles. The van der Waals surface area contributed by atoms with Crippen LogP contribution in [0, 0.1) is 11.8 Å². The van der Waals surface area contributed by atoms with Gasteiger partial charge in [-0.05, 0) is 31.1 Å². The van der Waals surface area contributed by atoms with Crippen molar-refractivity contribution in [3.8, 4) is 0 Å². The van der Waals surface area contributed by atoms with Crippen molar-refractivity contribution in [3.63, 3.8) is 0 Å². The summed E-state index contributed by atoms with van der Waals surface area (Å²) < 4.78 is 0. The smallest absolute Gasteiger partial charge is 0.237 e. The Morgan fingerprint density at radius 3 is 2.67 bits per heavy atom. The van der Waals surface area contributed by atoms with E-state index in [4.69, 9.17) is 0 Å². The average Bonchev–Trinajstić information content (AvgIpc) is 2.89. The van der Waals surface area contributed by atoms with E-state index >= 15 is 0 Å². The molecule has 2 rings (SSSR count). The SMILES string of the molecule is CC(C)CNC(=O)CCNC(=O)C1CC2CCCCC2N1. The fourth-order valence-electron chi connectivity index (χ4n) is 3.35. The zero-order chi connectivity index (χ0) is 15.2. The van der Waals surface area contributed by atoms with Crippen molar-refractivity contribution in [2.75, 3.05) is 13.1 Å². The minimum atomic E-state index is -0.0585. The van der Waals surface area contributed by atoms with Gasteiger partial charge in [-0.1, -0.05) is 26.7 Å². The average molecular weight is 295 g/mol. The first kappa shape index (κ1) is 16.3. The molecule has 3 unspecified atom stereocenters. The van der Waals surface area contributed by atoms with E-state index in [-0.39, 0.29) is 17.9 Å². The monoisotopic (exact) mass is 295 g/mol. The Labute approximate surface area is 127 Å². The number of carbonyl (C=O) groups is 2. The molecular formula is C16H29N3O2. The molecule has 5 heteroatoms. The lowest BCUT2D eigenvalue weighted by atomic mass is 9.85. The third-order valence-corrected chi connectivity index (χ3v) is 4.54. The van der Waals surface area contributed by atoms with E-state index in [1.54, 1.807) is 0 Å². The molecule has 0 aromatic heterocycles. The van der Waals surface area contributed by atoms with Crippen LogP contribution in [0.4, 0.5) is 0 Å². The molecule has 0 bridgehead atoms. The van der Waals surface area contributed by atoms with Crippen molar-refractivity contribution in [2.24, 2.45) is 11.8 Å². The number of hydrogen-bond acceptors (Lipinski definition) is 3. The predicted octanol–water partition coefficient (Wildman–Crippen LogP) is 1.19. The fourth-order valence-corrected chi connectivity index (χ4v) is 3.35. The summed E-state index contributed by atoms with van der Waals surface area (Å²) in [6.07, 6.45) is 6.34. The molecule has 0 spiro atoms. The molecule has 0 aromatic carbocycles. The number of amides is 2. The molecule has 3 atom stereocenters. The van der Waals surface area contributed by atoms with Crippen LogP contribution in [-0.2, 0) is 9.59 Å². The van der Waals surface area contributed by atoms with Gasteiger partial charge in [0, 0.05) is 25.6 Å². The van der Waals surface area contributed by atoms with Crippen LogP contribution in [0.15, 0.2) is 0 Å². The first-order valence-electron chi connectivity index (χ1n) is 8.36. The van der Waals surface area contributed by atoms with E-state index in [0.29, 0.717) is 37.4 Å². The summed E-state index contributed by atoms with van der Waals surface area (Å²) in [5, 5.41) is 9.21. The number of rotatable bonds is 6. The maximum absolute atomic E-state index is 12.1. The molecule has 3 N–H and O–H groups in total. The van der Waals surface area contributed by atoms with E-state index < -0.39 is 0 Å². The van der Waals surface area contributed by atoms with Gasteiger partial charge in [-0.2, -0.15) is 0 Å². The van der Waals surface area contributed by atoms with Gasteiger partial charge in [0.2, 0.25) is 11.8 Å². The molecule has 1 aliphatic heterocycles. The second-order valence-electron chi connectivity index (χ2n) is 6.84. The van der Waals surface area contributed by atoms with Crippen molar-refractivity contribution in [1.29, 1.82) is 0 Å². The van der Waals surface area contributed by atoms with Crippen LogP contribution in [-0.4, -0.2) is 37.0 Å². The highest BCUT2D eigenvalue weighted by atomic mass is 16.2. The van der Waals surface area contributed by atoms with Crippen LogP contribution in [0.1, 0.15) is 52.4 Å².